The van der Waals surface area contributed by atoms with Crippen LogP contribution in [0.3, 0.4) is 0 Å². The molecule has 0 bridgehead atoms. The maximum Gasteiger partial charge on any atom is 0.333 e. The van der Waals surface area contributed by atoms with Gasteiger partial charge in [-0.25, -0.2) is 9.59 Å². The molecule has 0 saturated heterocycles. The van der Waals surface area contributed by atoms with Gasteiger partial charge in [-0.2, -0.15) is 0 Å². The predicted molar refractivity (Wildman–Crippen MR) is 97.5 cm³/mol. The van der Waals surface area contributed by atoms with Gasteiger partial charge in [0.15, 0.2) is 0 Å². The topological polar surface area (TPSA) is 52.6 Å². The van der Waals surface area contributed by atoms with Crippen LogP contribution < -0.4 is 0 Å². The number of esters is 2. The summed E-state index contributed by atoms with van der Waals surface area (Å²) in [7, 11) is 0. The predicted octanol–water partition coefficient (Wildman–Crippen LogP) is 4.22. The van der Waals surface area contributed by atoms with Crippen molar-refractivity contribution in [1.82, 2.24) is 0 Å². The molecule has 4 heteroatoms. The molecule has 2 aromatic carbocycles. The van der Waals surface area contributed by atoms with Crippen LogP contribution in [0.25, 0.3) is 0 Å². The Hall–Kier alpha value is -3.14. The van der Waals surface area contributed by atoms with E-state index in [1.54, 1.807) is 6.92 Å². The maximum absolute atomic E-state index is 11.0. The number of ether oxygens (including phenoxy) is 2. The number of hydrogen-bond donors (Lipinski definition) is 0. The molecule has 0 saturated carbocycles. The summed E-state index contributed by atoms with van der Waals surface area (Å²) in [5, 5.41) is 0. The van der Waals surface area contributed by atoms with Gasteiger partial charge in [0, 0.05) is 11.6 Å². The molecule has 25 heavy (non-hydrogen) atoms. The Morgan fingerprint density at radius 1 is 0.880 bits per heavy atom. The molecule has 2 rings (SSSR count). The van der Waals surface area contributed by atoms with E-state index in [0.29, 0.717) is 18.8 Å². The number of carbonyl (C=O) groups excluding carboxylic acids is 2. The molecule has 0 aliphatic carbocycles. The zero-order valence-electron chi connectivity index (χ0n) is 14.3. The SMILES string of the molecule is C=C(C)C(=O)OCc1ccccc1.C=CC(=O)OCc1ccccc1. The minimum atomic E-state index is -0.390. The third-order valence-corrected chi connectivity index (χ3v) is 2.95. The lowest BCUT2D eigenvalue weighted by atomic mass is 10.2. The molecule has 0 unspecified atom stereocenters. The molecule has 0 aliphatic heterocycles. The van der Waals surface area contributed by atoms with Crippen molar-refractivity contribution in [3.63, 3.8) is 0 Å². The lowest BCUT2D eigenvalue weighted by Gasteiger charge is -2.03. The van der Waals surface area contributed by atoms with Crippen LogP contribution in [0.5, 0.6) is 0 Å². The highest BCUT2D eigenvalue weighted by Gasteiger charge is 2.02. The van der Waals surface area contributed by atoms with Crippen molar-refractivity contribution in [3.8, 4) is 0 Å². The minimum absolute atomic E-state index is 0.311. The van der Waals surface area contributed by atoms with Crippen molar-refractivity contribution in [2.45, 2.75) is 20.1 Å². The van der Waals surface area contributed by atoms with Crippen LogP contribution in [0.1, 0.15) is 18.1 Å². The van der Waals surface area contributed by atoms with E-state index >= 15 is 0 Å². The average molecular weight is 338 g/mol. The first-order chi connectivity index (χ1) is 12.0. The largest absolute Gasteiger partial charge is 0.458 e. The van der Waals surface area contributed by atoms with Gasteiger partial charge >= 0.3 is 11.9 Å². The summed E-state index contributed by atoms with van der Waals surface area (Å²) in [5.74, 6) is -0.734. The van der Waals surface area contributed by atoms with E-state index in [2.05, 4.69) is 13.2 Å². The van der Waals surface area contributed by atoms with Crippen LogP contribution in [0.4, 0.5) is 0 Å². The summed E-state index contributed by atoms with van der Waals surface area (Å²) in [6.07, 6.45) is 1.16. The van der Waals surface area contributed by atoms with Crippen molar-refractivity contribution in [2.24, 2.45) is 0 Å². The van der Waals surface area contributed by atoms with Crippen LogP contribution in [-0.4, -0.2) is 11.9 Å². The first kappa shape index (κ1) is 19.9. The van der Waals surface area contributed by atoms with E-state index in [0.717, 1.165) is 17.2 Å². The van der Waals surface area contributed by atoms with Crippen LogP contribution in [-0.2, 0) is 32.3 Å². The molecule has 0 N–H and O–H groups in total. The Balaban J connectivity index is 0.000000251. The first-order valence-corrected chi connectivity index (χ1v) is 7.72. The van der Waals surface area contributed by atoms with E-state index < -0.39 is 0 Å². The highest BCUT2D eigenvalue weighted by molar-refractivity contribution is 5.86. The zero-order chi connectivity index (χ0) is 18.5. The number of hydrogen-bond acceptors (Lipinski definition) is 4. The summed E-state index contributed by atoms with van der Waals surface area (Å²) in [5.41, 5.74) is 2.39. The summed E-state index contributed by atoms with van der Waals surface area (Å²) in [6, 6.07) is 19.1. The normalized spacial score (nSPS) is 9.16. The molecule has 2 aromatic rings. The molecule has 0 radical (unpaired) electrons. The van der Waals surface area contributed by atoms with Crippen molar-refractivity contribution in [1.29, 1.82) is 0 Å². The van der Waals surface area contributed by atoms with Gasteiger partial charge < -0.3 is 9.47 Å². The molecule has 0 atom stereocenters. The molecule has 0 aliphatic rings. The second-order valence-corrected chi connectivity index (χ2v) is 5.14. The fraction of sp³-hybridized carbons (Fsp3) is 0.143. The van der Waals surface area contributed by atoms with Crippen LogP contribution in [0.15, 0.2) is 85.5 Å². The molecule has 4 nitrogen and oxygen atoms in total. The molecule has 130 valence electrons. The molecule has 0 heterocycles. The first-order valence-electron chi connectivity index (χ1n) is 7.72. The van der Waals surface area contributed by atoms with Gasteiger partial charge in [0.05, 0.1) is 0 Å². The second-order valence-electron chi connectivity index (χ2n) is 5.14. The van der Waals surface area contributed by atoms with Crippen molar-refractivity contribution >= 4 is 11.9 Å². The van der Waals surface area contributed by atoms with E-state index in [1.165, 1.54) is 0 Å². The van der Waals surface area contributed by atoms with E-state index in [9.17, 15) is 9.59 Å². The Morgan fingerprint density at radius 3 is 1.72 bits per heavy atom. The minimum Gasteiger partial charge on any atom is -0.458 e. The lowest BCUT2D eigenvalue weighted by molar-refractivity contribution is -0.140. The van der Waals surface area contributed by atoms with Gasteiger partial charge in [0.2, 0.25) is 0 Å². The smallest absolute Gasteiger partial charge is 0.333 e. The van der Waals surface area contributed by atoms with E-state index in [1.807, 2.05) is 60.7 Å². The Kier molecular flexibility index (Phi) is 9.08. The molecule has 0 fully saturated rings. The number of carbonyl (C=O) groups is 2. The van der Waals surface area contributed by atoms with Gasteiger partial charge in [0.1, 0.15) is 13.2 Å². The summed E-state index contributed by atoms with van der Waals surface area (Å²) >= 11 is 0. The summed E-state index contributed by atoms with van der Waals surface area (Å²) < 4.78 is 9.77. The third kappa shape index (κ3) is 8.91. The van der Waals surface area contributed by atoms with Crippen LogP contribution >= 0.6 is 0 Å². The highest BCUT2D eigenvalue weighted by atomic mass is 16.5. The Morgan fingerprint density at radius 2 is 1.32 bits per heavy atom. The van der Waals surface area contributed by atoms with E-state index in [4.69, 9.17) is 9.47 Å². The van der Waals surface area contributed by atoms with Crippen molar-refractivity contribution < 1.29 is 19.1 Å². The van der Waals surface area contributed by atoms with Crippen LogP contribution in [0.2, 0.25) is 0 Å². The van der Waals surface area contributed by atoms with E-state index in [-0.39, 0.29) is 11.9 Å². The fourth-order valence-electron chi connectivity index (χ4n) is 1.63. The molecular formula is C21H22O4. The van der Waals surface area contributed by atoms with Gasteiger partial charge in [-0.15, -0.1) is 0 Å². The average Bonchev–Trinajstić information content (AvgIpc) is 2.66. The molecule has 0 amide bonds. The summed E-state index contributed by atoms with van der Waals surface area (Å²) in [6.45, 7) is 9.05. The number of benzene rings is 2. The van der Waals surface area contributed by atoms with Gasteiger partial charge in [-0.1, -0.05) is 73.8 Å². The highest BCUT2D eigenvalue weighted by Crippen LogP contribution is 2.02. The number of rotatable bonds is 6. The van der Waals surface area contributed by atoms with Crippen molar-refractivity contribution in [2.75, 3.05) is 0 Å². The van der Waals surface area contributed by atoms with Crippen molar-refractivity contribution in [3.05, 3.63) is 96.6 Å². The van der Waals surface area contributed by atoms with Gasteiger partial charge in [-0.05, 0) is 18.1 Å². The Bertz CT molecular complexity index is 690. The lowest BCUT2D eigenvalue weighted by Crippen LogP contribution is -2.04. The monoisotopic (exact) mass is 338 g/mol. The fourth-order valence-corrected chi connectivity index (χ4v) is 1.63. The maximum atomic E-state index is 11.0. The second kappa shape index (κ2) is 11.4. The molecule has 0 aromatic heterocycles. The molecule has 0 spiro atoms. The zero-order valence-corrected chi connectivity index (χ0v) is 14.3. The molecular weight excluding hydrogens is 316 g/mol. The Labute approximate surface area is 148 Å². The van der Waals surface area contributed by atoms with Gasteiger partial charge in [-0.3, -0.25) is 0 Å². The summed E-state index contributed by atoms with van der Waals surface area (Å²) in [4.78, 5) is 21.6. The van der Waals surface area contributed by atoms with Gasteiger partial charge in [0.25, 0.3) is 0 Å². The quantitative estimate of drug-likeness (QED) is 0.584. The third-order valence-electron chi connectivity index (χ3n) is 2.95. The van der Waals surface area contributed by atoms with Crippen LogP contribution in [0, 0.1) is 0 Å². The standard InChI is InChI=1S/C11H12O2.C10H10O2/c1-9(2)11(12)13-8-10-6-4-3-5-7-10;1-2-10(11)12-8-9-6-4-3-5-7-9/h3-7H,1,8H2,2H3;2-7H,1,8H2.